The van der Waals surface area contributed by atoms with Crippen molar-refractivity contribution < 1.29 is 9.18 Å². The summed E-state index contributed by atoms with van der Waals surface area (Å²) >= 11 is 0. The molecule has 1 atom stereocenters. The predicted octanol–water partition coefficient (Wildman–Crippen LogP) is 3.17. The third-order valence-electron chi connectivity index (χ3n) is 6.38. The molecular weight excluding hydrogens is 475 g/mol. The highest BCUT2D eigenvalue weighted by Gasteiger charge is 2.25. The fraction of sp³-hybridized carbons (Fsp3) is 0.360. The van der Waals surface area contributed by atoms with Crippen molar-refractivity contribution in [1.29, 1.82) is 0 Å². The van der Waals surface area contributed by atoms with Crippen molar-refractivity contribution in [2.24, 2.45) is 0 Å². The second kappa shape index (κ2) is 10.3. The first kappa shape index (κ1) is 24.3. The molecule has 0 saturated carbocycles. The molecular formula is C25H29FN10O. The number of piperidine rings is 1. The first-order chi connectivity index (χ1) is 17.8. The first-order valence-corrected chi connectivity index (χ1v) is 12.2. The highest BCUT2D eigenvalue weighted by Crippen LogP contribution is 2.22. The second-order valence-corrected chi connectivity index (χ2v) is 9.30. The third-order valence-corrected chi connectivity index (χ3v) is 6.38. The summed E-state index contributed by atoms with van der Waals surface area (Å²) in [6.45, 7) is 7.21. The van der Waals surface area contributed by atoms with Gasteiger partial charge in [-0.25, -0.2) is 19.0 Å². The van der Waals surface area contributed by atoms with E-state index in [2.05, 4.69) is 45.8 Å². The van der Waals surface area contributed by atoms with Gasteiger partial charge in [-0.2, -0.15) is 15.2 Å². The van der Waals surface area contributed by atoms with E-state index in [9.17, 15) is 9.18 Å². The number of H-pyrrole nitrogens is 1. The fourth-order valence-electron chi connectivity index (χ4n) is 4.29. The van der Waals surface area contributed by atoms with E-state index >= 15 is 0 Å². The Hall–Kier alpha value is -4.35. The van der Waals surface area contributed by atoms with E-state index in [1.165, 1.54) is 10.9 Å². The maximum atomic E-state index is 13.2. The molecule has 5 rings (SSSR count). The van der Waals surface area contributed by atoms with Crippen molar-refractivity contribution in [3.05, 3.63) is 65.6 Å². The van der Waals surface area contributed by atoms with E-state index in [1.807, 2.05) is 39.0 Å². The number of rotatable bonds is 7. The lowest BCUT2D eigenvalue weighted by molar-refractivity contribution is -0.123. The smallest absolute Gasteiger partial charge is 0.227 e. The number of nitrogens with zero attached hydrogens (tertiary/aromatic N) is 7. The van der Waals surface area contributed by atoms with E-state index < -0.39 is 5.82 Å². The number of halogens is 1. The van der Waals surface area contributed by atoms with Crippen LogP contribution in [0.1, 0.15) is 42.6 Å². The van der Waals surface area contributed by atoms with Crippen LogP contribution in [0.3, 0.4) is 0 Å². The van der Waals surface area contributed by atoms with E-state index in [1.54, 1.807) is 12.3 Å². The Labute approximate surface area is 213 Å². The monoisotopic (exact) mass is 504 g/mol. The van der Waals surface area contributed by atoms with Crippen molar-refractivity contribution in [2.75, 3.05) is 23.3 Å². The summed E-state index contributed by atoms with van der Waals surface area (Å²) in [6, 6.07) is 7.41. The van der Waals surface area contributed by atoms with E-state index in [0.717, 1.165) is 49.1 Å². The minimum Gasteiger partial charge on any atom is -0.353 e. The molecule has 0 radical (unpaired) electrons. The first-order valence-electron chi connectivity index (χ1n) is 12.2. The Morgan fingerprint density at radius 1 is 1.14 bits per heavy atom. The molecule has 1 unspecified atom stereocenters. The highest BCUT2D eigenvalue weighted by atomic mass is 19.1. The number of aromatic nitrogens is 7. The maximum absolute atomic E-state index is 13.2. The number of hydrogen-bond acceptors (Lipinski definition) is 8. The minimum atomic E-state index is -0.431. The van der Waals surface area contributed by atoms with Gasteiger partial charge < -0.3 is 15.5 Å². The standard InChI is InChI=1S/C25H29FN10O/c1-15-10-21(31-22-11-16(2)33-34-22)32-25(29-15)35-8-6-20(7-9-35)30-24(37)17(3)18-4-5-23(27-12-18)36-14-19(26)13-28-36/h4-5,10-14,17,20H,6-9H2,1-3H3,(H,30,37)(H2,29,31,32,33,34). The Kier molecular flexibility index (Phi) is 6.80. The number of nitrogens with one attached hydrogen (secondary N) is 3. The van der Waals surface area contributed by atoms with Gasteiger partial charge in [-0.3, -0.25) is 9.89 Å². The van der Waals surface area contributed by atoms with Crippen LogP contribution in [-0.4, -0.2) is 60.0 Å². The summed E-state index contributed by atoms with van der Waals surface area (Å²) in [6.07, 6.45) is 5.59. The van der Waals surface area contributed by atoms with Gasteiger partial charge in [0.25, 0.3) is 0 Å². The molecule has 12 heteroatoms. The van der Waals surface area contributed by atoms with Gasteiger partial charge in [-0.1, -0.05) is 6.07 Å². The van der Waals surface area contributed by atoms with Crippen LogP contribution in [0.2, 0.25) is 0 Å². The molecule has 5 heterocycles. The molecule has 0 spiro atoms. The lowest BCUT2D eigenvalue weighted by Gasteiger charge is -2.33. The predicted molar refractivity (Wildman–Crippen MR) is 136 cm³/mol. The number of anilines is 3. The quantitative estimate of drug-likeness (QED) is 0.350. The van der Waals surface area contributed by atoms with Gasteiger partial charge >= 0.3 is 0 Å². The molecule has 0 aliphatic carbocycles. The summed E-state index contributed by atoms with van der Waals surface area (Å²) < 4.78 is 14.6. The summed E-state index contributed by atoms with van der Waals surface area (Å²) in [5, 5.41) is 17.4. The van der Waals surface area contributed by atoms with Crippen LogP contribution in [0.5, 0.6) is 0 Å². The molecule has 1 aliphatic rings. The normalized spacial score (nSPS) is 15.0. The Morgan fingerprint density at radius 2 is 1.95 bits per heavy atom. The van der Waals surface area contributed by atoms with Gasteiger partial charge in [0.1, 0.15) is 5.82 Å². The molecule has 4 aromatic heterocycles. The molecule has 0 aromatic carbocycles. The molecule has 4 aromatic rings. The van der Waals surface area contributed by atoms with E-state index in [0.29, 0.717) is 23.4 Å². The van der Waals surface area contributed by atoms with Crippen molar-refractivity contribution in [1.82, 2.24) is 40.2 Å². The number of pyridine rings is 1. The Bertz CT molecular complexity index is 1370. The van der Waals surface area contributed by atoms with Crippen LogP contribution in [0.15, 0.2) is 42.9 Å². The van der Waals surface area contributed by atoms with Crippen molar-refractivity contribution in [2.45, 2.75) is 45.6 Å². The third kappa shape index (κ3) is 5.74. The van der Waals surface area contributed by atoms with Crippen LogP contribution in [-0.2, 0) is 4.79 Å². The summed E-state index contributed by atoms with van der Waals surface area (Å²) in [7, 11) is 0. The van der Waals surface area contributed by atoms with Gasteiger partial charge in [-0.15, -0.1) is 0 Å². The van der Waals surface area contributed by atoms with Crippen LogP contribution in [0.25, 0.3) is 5.82 Å². The van der Waals surface area contributed by atoms with Gasteiger partial charge in [0.2, 0.25) is 11.9 Å². The molecule has 3 N–H and O–H groups in total. The Morgan fingerprint density at radius 3 is 2.59 bits per heavy atom. The van der Waals surface area contributed by atoms with Crippen LogP contribution < -0.4 is 15.5 Å². The minimum absolute atomic E-state index is 0.0503. The zero-order valence-electron chi connectivity index (χ0n) is 20.9. The van der Waals surface area contributed by atoms with Gasteiger partial charge in [0, 0.05) is 48.8 Å². The molecule has 1 amide bonds. The second-order valence-electron chi connectivity index (χ2n) is 9.30. The molecule has 11 nitrogen and oxygen atoms in total. The lowest BCUT2D eigenvalue weighted by Crippen LogP contribution is -2.46. The van der Waals surface area contributed by atoms with Crippen molar-refractivity contribution in [3.63, 3.8) is 0 Å². The number of hydrogen-bond donors (Lipinski definition) is 3. The van der Waals surface area contributed by atoms with Crippen LogP contribution in [0.4, 0.5) is 22.0 Å². The molecule has 0 bridgehead atoms. The summed E-state index contributed by atoms with van der Waals surface area (Å²) in [4.78, 5) is 28.7. The van der Waals surface area contributed by atoms with E-state index in [4.69, 9.17) is 0 Å². The number of amides is 1. The molecule has 1 fully saturated rings. The average molecular weight is 505 g/mol. The van der Waals surface area contributed by atoms with Gasteiger partial charge in [0.05, 0.1) is 18.3 Å². The number of aromatic amines is 1. The molecule has 1 aliphatic heterocycles. The number of aryl methyl sites for hydroxylation is 2. The van der Waals surface area contributed by atoms with E-state index in [-0.39, 0.29) is 17.9 Å². The molecule has 192 valence electrons. The number of carbonyl (C=O) groups is 1. The fourth-order valence-corrected chi connectivity index (χ4v) is 4.29. The molecule has 37 heavy (non-hydrogen) atoms. The van der Waals surface area contributed by atoms with Crippen LogP contribution in [0, 0.1) is 19.7 Å². The van der Waals surface area contributed by atoms with Gasteiger partial charge in [0.15, 0.2) is 17.5 Å². The largest absolute Gasteiger partial charge is 0.353 e. The topological polar surface area (TPSA) is 130 Å². The van der Waals surface area contributed by atoms with Crippen LogP contribution >= 0.6 is 0 Å². The van der Waals surface area contributed by atoms with Gasteiger partial charge in [-0.05, 0) is 45.2 Å². The Balaban J connectivity index is 1.15. The summed E-state index contributed by atoms with van der Waals surface area (Å²) in [5.41, 5.74) is 2.61. The highest BCUT2D eigenvalue weighted by molar-refractivity contribution is 5.83. The zero-order chi connectivity index (χ0) is 25.9. The maximum Gasteiger partial charge on any atom is 0.227 e. The van der Waals surface area contributed by atoms with Crippen molar-refractivity contribution >= 4 is 23.5 Å². The summed E-state index contributed by atoms with van der Waals surface area (Å²) in [5.74, 6) is 1.70. The average Bonchev–Trinajstić information content (AvgIpc) is 3.51. The number of carbonyl (C=O) groups excluding carboxylic acids is 1. The molecule has 1 saturated heterocycles. The zero-order valence-corrected chi connectivity index (χ0v) is 20.9. The lowest BCUT2D eigenvalue weighted by atomic mass is 10.00. The van der Waals surface area contributed by atoms with Crippen molar-refractivity contribution in [3.8, 4) is 5.82 Å². The SMILES string of the molecule is Cc1cc(Nc2cc(C)[nH]n2)nc(N2CCC(NC(=O)C(C)c3ccc(-n4cc(F)cn4)nc3)CC2)n1.